The average Bonchev–Trinajstić information content (AvgIpc) is 2.97. The van der Waals surface area contributed by atoms with Gasteiger partial charge in [0.1, 0.15) is 0 Å². The van der Waals surface area contributed by atoms with E-state index in [1.54, 1.807) is 0 Å². The minimum atomic E-state index is 0.589. The highest BCUT2D eigenvalue weighted by molar-refractivity contribution is 5.79. The normalized spacial score (nSPS) is 11.2. The predicted molar refractivity (Wildman–Crippen MR) is 67.9 cm³/mol. The van der Waals surface area contributed by atoms with E-state index in [4.69, 9.17) is 4.52 Å². The standard InChI is InChI=1S/C13H14N4O/c1-9-16-13(18-17-9)8-14-7-10-2-3-12-11(6-10)4-5-15-12/h2-6,14-15H,7-8H2,1H3. The van der Waals surface area contributed by atoms with Crippen LogP contribution in [0.2, 0.25) is 0 Å². The van der Waals surface area contributed by atoms with Crippen LogP contribution in [-0.4, -0.2) is 15.1 Å². The molecule has 2 heterocycles. The molecule has 0 aliphatic rings. The quantitative estimate of drug-likeness (QED) is 0.735. The summed E-state index contributed by atoms with van der Waals surface area (Å²) in [4.78, 5) is 7.32. The minimum absolute atomic E-state index is 0.589. The Kier molecular flexibility index (Phi) is 2.82. The monoisotopic (exact) mass is 242 g/mol. The van der Waals surface area contributed by atoms with Crippen molar-refractivity contribution >= 4 is 10.9 Å². The fraction of sp³-hybridized carbons (Fsp3) is 0.231. The Morgan fingerprint density at radius 2 is 2.22 bits per heavy atom. The Hall–Kier alpha value is -2.14. The molecular formula is C13H14N4O. The highest BCUT2D eigenvalue weighted by atomic mass is 16.5. The van der Waals surface area contributed by atoms with Crippen LogP contribution in [0.15, 0.2) is 35.0 Å². The number of benzene rings is 1. The number of hydrogen-bond acceptors (Lipinski definition) is 4. The van der Waals surface area contributed by atoms with E-state index in [2.05, 4.69) is 44.7 Å². The number of fused-ring (bicyclic) bond motifs is 1. The van der Waals surface area contributed by atoms with Crippen LogP contribution in [0.5, 0.6) is 0 Å². The highest BCUT2D eigenvalue weighted by Crippen LogP contribution is 2.14. The van der Waals surface area contributed by atoms with Crippen LogP contribution in [0.25, 0.3) is 10.9 Å². The first-order valence-electron chi connectivity index (χ1n) is 5.87. The van der Waals surface area contributed by atoms with Gasteiger partial charge < -0.3 is 14.8 Å². The van der Waals surface area contributed by atoms with Crippen molar-refractivity contribution in [2.45, 2.75) is 20.0 Å². The summed E-state index contributed by atoms with van der Waals surface area (Å²) in [7, 11) is 0. The van der Waals surface area contributed by atoms with Crippen LogP contribution in [0, 0.1) is 6.92 Å². The summed E-state index contributed by atoms with van der Waals surface area (Å²) in [5.74, 6) is 1.29. The molecule has 0 saturated carbocycles. The Morgan fingerprint density at radius 3 is 3.06 bits per heavy atom. The molecule has 92 valence electrons. The number of hydrogen-bond donors (Lipinski definition) is 2. The van der Waals surface area contributed by atoms with E-state index >= 15 is 0 Å². The molecular weight excluding hydrogens is 228 g/mol. The van der Waals surface area contributed by atoms with Crippen molar-refractivity contribution in [3.8, 4) is 0 Å². The van der Waals surface area contributed by atoms with Gasteiger partial charge in [-0.15, -0.1) is 0 Å². The molecule has 2 aromatic heterocycles. The molecule has 5 heteroatoms. The molecule has 0 unspecified atom stereocenters. The molecule has 5 nitrogen and oxygen atoms in total. The van der Waals surface area contributed by atoms with E-state index in [0.29, 0.717) is 18.3 Å². The van der Waals surface area contributed by atoms with Gasteiger partial charge in [0.05, 0.1) is 6.54 Å². The number of aromatic nitrogens is 3. The van der Waals surface area contributed by atoms with Crippen molar-refractivity contribution in [3.63, 3.8) is 0 Å². The van der Waals surface area contributed by atoms with Crippen LogP contribution in [-0.2, 0) is 13.1 Å². The lowest BCUT2D eigenvalue weighted by atomic mass is 10.1. The predicted octanol–water partition coefficient (Wildman–Crippen LogP) is 2.15. The van der Waals surface area contributed by atoms with Gasteiger partial charge in [-0.1, -0.05) is 11.2 Å². The molecule has 0 aliphatic carbocycles. The fourth-order valence-electron chi connectivity index (χ4n) is 1.94. The molecule has 0 spiro atoms. The van der Waals surface area contributed by atoms with Crippen LogP contribution in [0.4, 0.5) is 0 Å². The fourth-order valence-corrected chi connectivity index (χ4v) is 1.94. The second kappa shape index (κ2) is 4.62. The molecule has 2 N–H and O–H groups in total. The molecule has 18 heavy (non-hydrogen) atoms. The van der Waals surface area contributed by atoms with E-state index in [1.807, 2.05) is 13.1 Å². The molecule has 0 fully saturated rings. The van der Waals surface area contributed by atoms with Crippen LogP contribution in [0.3, 0.4) is 0 Å². The third-order valence-corrected chi connectivity index (χ3v) is 2.79. The van der Waals surface area contributed by atoms with Gasteiger partial charge in [-0.2, -0.15) is 4.98 Å². The zero-order valence-electron chi connectivity index (χ0n) is 10.1. The SMILES string of the molecule is Cc1noc(CNCc2ccc3[nH]ccc3c2)n1. The molecule has 1 aromatic carbocycles. The number of aryl methyl sites for hydroxylation is 1. The molecule has 3 aromatic rings. The van der Waals surface area contributed by atoms with Gasteiger partial charge in [0, 0.05) is 18.3 Å². The van der Waals surface area contributed by atoms with Gasteiger partial charge in [-0.25, -0.2) is 0 Å². The second-order valence-electron chi connectivity index (χ2n) is 4.24. The summed E-state index contributed by atoms with van der Waals surface area (Å²) in [6, 6.07) is 8.42. The van der Waals surface area contributed by atoms with Gasteiger partial charge in [0.25, 0.3) is 0 Å². The zero-order chi connectivity index (χ0) is 12.4. The minimum Gasteiger partial charge on any atom is -0.361 e. The van der Waals surface area contributed by atoms with Gasteiger partial charge in [-0.3, -0.25) is 0 Å². The maximum atomic E-state index is 5.03. The summed E-state index contributed by atoms with van der Waals surface area (Å²) in [6.45, 7) is 3.18. The molecule has 0 aliphatic heterocycles. The van der Waals surface area contributed by atoms with Crippen LogP contribution >= 0.6 is 0 Å². The number of nitrogens with zero attached hydrogens (tertiary/aromatic N) is 2. The highest BCUT2D eigenvalue weighted by Gasteiger charge is 2.02. The van der Waals surface area contributed by atoms with Crippen molar-refractivity contribution < 1.29 is 4.52 Å². The number of rotatable bonds is 4. The Bertz CT molecular complexity index is 656. The van der Waals surface area contributed by atoms with Crippen molar-refractivity contribution in [2.75, 3.05) is 0 Å². The van der Waals surface area contributed by atoms with Gasteiger partial charge in [0.15, 0.2) is 5.82 Å². The van der Waals surface area contributed by atoms with Crippen molar-refractivity contribution in [2.24, 2.45) is 0 Å². The Labute approximate surface area is 104 Å². The first-order chi connectivity index (χ1) is 8.81. The number of nitrogens with one attached hydrogen (secondary N) is 2. The topological polar surface area (TPSA) is 66.7 Å². The molecule has 0 bridgehead atoms. The van der Waals surface area contributed by atoms with Gasteiger partial charge in [-0.05, 0) is 36.1 Å². The lowest BCUT2D eigenvalue weighted by molar-refractivity contribution is 0.364. The largest absolute Gasteiger partial charge is 0.361 e. The second-order valence-corrected chi connectivity index (χ2v) is 4.24. The van der Waals surface area contributed by atoms with Gasteiger partial charge >= 0.3 is 0 Å². The smallest absolute Gasteiger partial charge is 0.240 e. The van der Waals surface area contributed by atoms with Gasteiger partial charge in [0.2, 0.25) is 5.89 Å². The first-order valence-corrected chi connectivity index (χ1v) is 5.87. The van der Waals surface area contributed by atoms with E-state index in [1.165, 1.54) is 10.9 Å². The molecule has 0 saturated heterocycles. The lowest BCUT2D eigenvalue weighted by Crippen LogP contribution is -2.12. The van der Waals surface area contributed by atoms with Crippen molar-refractivity contribution in [1.29, 1.82) is 0 Å². The lowest BCUT2D eigenvalue weighted by Gasteiger charge is -2.02. The third kappa shape index (κ3) is 2.26. The maximum Gasteiger partial charge on any atom is 0.240 e. The van der Waals surface area contributed by atoms with E-state index in [-0.39, 0.29) is 0 Å². The average molecular weight is 242 g/mol. The van der Waals surface area contributed by atoms with Crippen molar-refractivity contribution in [1.82, 2.24) is 20.4 Å². The number of aromatic amines is 1. The van der Waals surface area contributed by atoms with E-state index in [0.717, 1.165) is 12.1 Å². The molecule has 0 radical (unpaired) electrons. The van der Waals surface area contributed by atoms with Crippen molar-refractivity contribution in [3.05, 3.63) is 47.7 Å². The first kappa shape index (κ1) is 11.0. The summed E-state index contributed by atoms with van der Waals surface area (Å²) >= 11 is 0. The maximum absolute atomic E-state index is 5.03. The zero-order valence-corrected chi connectivity index (χ0v) is 10.1. The summed E-state index contributed by atoms with van der Waals surface area (Å²) in [5.41, 5.74) is 2.39. The Morgan fingerprint density at radius 1 is 1.28 bits per heavy atom. The summed E-state index contributed by atoms with van der Waals surface area (Å²) in [6.07, 6.45) is 1.95. The Balaban J connectivity index is 1.62. The number of H-pyrrole nitrogens is 1. The summed E-state index contributed by atoms with van der Waals surface area (Å²) < 4.78 is 5.03. The van der Waals surface area contributed by atoms with Crippen LogP contribution < -0.4 is 5.32 Å². The van der Waals surface area contributed by atoms with E-state index < -0.39 is 0 Å². The molecule has 0 atom stereocenters. The molecule has 0 amide bonds. The van der Waals surface area contributed by atoms with E-state index in [9.17, 15) is 0 Å². The molecule has 3 rings (SSSR count). The summed E-state index contributed by atoms with van der Waals surface area (Å²) in [5, 5.41) is 8.25. The third-order valence-electron chi connectivity index (χ3n) is 2.79. The van der Waals surface area contributed by atoms with Crippen LogP contribution in [0.1, 0.15) is 17.3 Å².